The maximum Gasteiger partial charge on any atom is 0.236 e. The van der Waals surface area contributed by atoms with Crippen molar-refractivity contribution in [2.45, 2.75) is 19.4 Å². The third-order valence-corrected chi connectivity index (χ3v) is 6.93. The fourth-order valence-electron chi connectivity index (χ4n) is 2.46. The largest absolute Gasteiger partial charge is 0.236 e. The van der Waals surface area contributed by atoms with Gasteiger partial charge in [-0.2, -0.15) is 4.31 Å². The molecular weight excluding hydrogens is 310 g/mol. The average Bonchev–Trinajstić information content (AvgIpc) is 2.78. The fraction of sp³-hybridized carbons (Fsp3) is 0.429. The number of hydrogen-bond donors (Lipinski definition) is 0. The lowest BCUT2D eigenvalue weighted by atomic mass is 10.2. The van der Waals surface area contributed by atoms with Gasteiger partial charge in [0.05, 0.1) is 11.5 Å². The number of sulfonamides is 1. The molecule has 1 aromatic carbocycles. The molecule has 0 N–H and O–H groups in total. The van der Waals surface area contributed by atoms with Gasteiger partial charge in [-0.15, -0.1) is 0 Å². The molecule has 0 aliphatic carbocycles. The van der Waals surface area contributed by atoms with E-state index in [1.165, 1.54) is 10.4 Å². The molecule has 1 aliphatic rings. The van der Waals surface area contributed by atoms with Gasteiger partial charge in [0, 0.05) is 18.0 Å². The van der Waals surface area contributed by atoms with E-state index in [4.69, 9.17) is 0 Å². The Morgan fingerprint density at radius 2 is 1.95 bits per heavy atom. The summed E-state index contributed by atoms with van der Waals surface area (Å²) in [5, 5.41) is 1.15. The van der Waals surface area contributed by atoms with Crippen molar-refractivity contribution in [3.63, 3.8) is 0 Å². The number of nitrogens with zero attached hydrogens (tertiary/aromatic N) is 1. The second-order valence-electron chi connectivity index (χ2n) is 5.02. The van der Waals surface area contributed by atoms with Crippen molar-refractivity contribution < 1.29 is 16.8 Å². The molecule has 1 aliphatic heterocycles. The van der Waals surface area contributed by atoms with Crippen LogP contribution in [0.3, 0.4) is 0 Å². The van der Waals surface area contributed by atoms with Crippen LogP contribution in [-0.2, 0) is 19.9 Å². The summed E-state index contributed by atoms with van der Waals surface area (Å²) >= 11 is 0. The van der Waals surface area contributed by atoms with E-state index in [0.717, 1.165) is 11.0 Å². The zero-order valence-corrected chi connectivity index (χ0v) is 13.5. The van der Waals surface area contributed by atoms with E-state index in [1.807, 2.05) is 30.3 Å². The second-order valence-corrected chi connectivity index (χ2v) is 9.02. The first kappa shape index (κ1) is 16.2. The summed E-state index contributed by atoms with van der Waals surface area (Å²) in [6.45, 7) is 1.99. The second kappa shape index (κ2) is 6.29. The predicted molar refractivity (Wildman–Crippen MR) is 83.8 cm³/mol. The van der Waals surface area contributed by atoms with E-state index in [0.29, 0.717) is 6.42 Å². The summed E-state index contributed by atoms with van der Waals surface area (Å²) in [5.74, 6) is -0.0225. The van der Waals surface area contributed by atoms with E-state index in [2.05, 4.69) is 0 Å². The highest BCUT2D eigenvalue weighted by Gasteiger charge is 2.36. The molecule has 5 nitrogen and oxygen atoms in total. The SMILES string of the molecule is CCN([C@H]1CCS(=O)(=O)C1)S(=O)(=O)/C=C/c1ccccc1. The topological polar surface area (TPSA) is 71.5 Å². The van der Waals surface area contributed by atoms with E-state index in [-0.39, 0.29) is 18.1 Å². The van der Waals surface area contributed by atoms with Crippen LogP contribution in [0.2, 0.25) is 0 Å². The van der Waals surface area contributed by atoms with Gasteiger partial charge in [-0.1, -0.05) is 37.3 Å². The molecule has 0 saturated carbocycles. The van der Waals surface area contributed by atoms with Crippen LogP contribution < -0.4 is 0 Å². The molecule has 0 spiro atoms. The molecule has 1 aromatic rings. The van der Waals surface area contributed by atoms with Gasteiger partial charge in [-0.3, -0.25) is 0 Å². The Morgan fingerprint density at radius 1 is 1.29 bits per heavy atom. The fourth-order valence-corrected chi connectivity index (χ4v) is 5.72. The lowest BCUT2D eigenvalue weighted by Crippen LogP contribution is -2.39. The molecule has 0 aromatic heterocycles. The van der Waals surface area contributed by atoms with E-state index in [9.17, 15) is 16.8 Å². The highest BCUT2D eigenvalue weighted by Crippen LogP contribution is 2.21. The van der Waals surface area contributed by atoms with E-state index in [1.54, 1.807) is 6.92 Å². The third-order valence-electron chi connectivity index (χ3n) is 3.49. The molecule has 1 fully saturated rings. The van der Waals surface area contributed by atoms with Gasteiger partial charge in [0.2, 0.25) is 10.0 Å². The molecule has 7 heteroatoms. The monoisotopic (exact) mass is 329 g/mol. The number of rotatable bonds is 5. The van der Waals surface area contributed by atoms with Crippen molar-refractivity contribution in [2.24, 2.45) is 0 Å². The van der Waals surface area contributed by atoms with Crippen LogP contribution in [0.5, 0.6) is 0 Å². The molecule has 0 amide bonds. The molecule has 21 heavy (non-hydrogen) atoms. The van der Waals surface area contributed by atoms with Crippen LogP contribution in [0.25, 0.3) is 6.08 Å². The van der Waals surface area contributed by atoms with Crippen LogP contribution in [0, 0.1) is 0 Å². The van der Waals surface area contributed by atoms with Crippen molar-refractivity contribution in [2.75, 3.05) is 18.1 Å². The van der Waals surface area contributed by atoms with Crippen molar-refractivity contribution in [3.05, 3.63) is 41.3 Å². The molecule has 0 bridgehead atoms. The average molecular weight is 329 g/mol. The Labute approximate surface area is 126 Å². The van der Waals surface area contributed by atoms with Gasteiger partial charge < -0.3 is 0 Å². The molecule has 0 radical (unpaired) electrons. The van der Waals surface area contributed by atoms with Crippen molar-refractivity contribution in [1.29, 1.82) is 0 Å². The van der Waals surface area contributed by atoms with Gasteiger partial charge in [0.15, 0.2) is 9.84 Å². The lowest BCUT2D eigenvalue weighted by molar-refractivity contribution is 0.359. The van der Waals surface area contributed by atoms with Crippen molar-refractivity contribution in [3.8, 4) is 0 Å². The Morgan fingerprint density at radius 3 is 2.48 bits per heavy atom. The van der Waals surface area contributed by atoms with Gasteiger partial charge in [-0.05, 0) is 18.1 Å². The quantitative estimate of drug-likeness (QED) is 0.820. The molecule has 1 saturated heterocycles. The normalized spacial score (nSPS) is 22.1. The number of sulfone groups is 1. The molecule has 116 valence electrons. The molecular formula is C14H19NO4S2. The highest BCUT2D eigenvalue weighted by atomic mass is 32.2. The molecule has 1 atom stereocenters. The van der Waals surface area contributed by atoms with Gasteiger partial charge in [0.1, 0.15) is 0 Å². The zero-order valence-electron chi connectivity index (χ0n) is 11.8. The van der Waals surface area contributed by atoms with Crippen LogP contribution in [-0.4, -0.2) is 45.2 Å². The van der Waals surface area contributed by atoms with E-state index < -0.39 is 25.9 Å². The minimum Gasteiger partial charge on any atom is -0.229 e. The predicted octanol–water partition coefficient (Wildman–Crippen LogP) is 1.50. The van der Waals surface area contributed by atoms with Crippen molar-refractivity contribution >= 4 is 25.9 Å². The minimum absolute atomic E-state index is 0.0616. The first-order valence-electron chi connectivity index (χ1n) is 6.79. The summed E-state index contributed by atoms with van der Waals surface area (Å²) in [7, 11) is -6.72. The summed E-state index contributed by atoms with van der Waals surface area (Å²) in [6.07, 6.45) is 1.90. The zero-order chi connectivity index (χ0) is 15.5. The Balaban J connectivity index is 2.19. The number of benzene rings is 1. The molecule has 0 unspecified atom stereocenters. The first-order valence-corrected chi connectivity index (χ1v) is 10.1. The maximum absolute atomic E-state index is 12.4. The van der Waals surface area contributed by atoms with E-state index >= 15 is 0 Å². The smallest absolute Gasteiger partial charge is 0.229 e. The molecule has 1 heterocycles. The van der Waals surface area contributed by atoms with Crippen molar-refractivity contribution in [1.82, 2.24) is 4.31 Å². The number of hydrogen-bond acceptors (Lipinski definition) is 4. The Bertz CT molecular complexity index is 709. The minimum atomic E-state index is -3.62. The van der Waals surface area contributed by atoms with Crippen LogP contribution in [0.1, 0.15) is 18.9 Å². The lowest BCUT2D eigenvalue weighted by Gasteiger charge is -2.24. The Kier molecular flexibility index (Phi) is 4.85. The summed E-state index contributed by atoms with van der Waals surface area (Å²) in [5.41, 5.74) is 0.788. The molecule has 2 rings (SSSR count). The standard InChI is InChI=1S/C14H19NO4S2/c1-2-15(14-9-10-20(16,17)12-14)21(18,19)11-8-13-6-4-3-5-7-13/h3-8,11,14H,2,9-10,12H2,1H3/b11-8+/t14-/m0/s1. The Hall–Kier alpha value is -1.18. The highest BCUT2D eigenvalue weighted by molar-refractivity contribution is 7.93. The van der Waals surface area contributed by atoms with Crippen LogP contribution in [0.4, 0.5) is 0 Å². The van der Waals surface area contributed by atoms with Gasteiger partial charge >= 0.3 is 0 Å². The van der Waals surface area contributed by atoms with Crippen LogP contribution >= 0.6 is 0 Å². The van der Waals surface area contributed by atoms with Gasteiger partial charge in [0.25, 0.3) is 0 Å². The summed E-state index contributed by atoms with van der Waals surface area (Å²) < 4.78 is 49.1. The summed E-state index contributed by atoms with van der Waals surface area (Å²) in [4.78, 5) is 0. The maximum atomic E-state index is 12.4. The first-order chi connectivity index (χ1) is 9.84. The summed E-state index contributed by atoms with van der Waals surface area (Å²) in [6, 6.07) is 8.67. The third kappa shape index (κ3) is 4.15. The van der Waals surface area contributed by atoms with Gasteiger partial charge in [-0.25, -0.2) is 16.8 Å². The van der Waals surface area contributed by atoms with Crippen LogP contribution in [0.15, 0.2) is 35.7 Å².